The third-order valence-corrected chi connectivity index (χ3v) is 3.54. The van der Waals surface area contributed by atoms with E-state index in [4.69, 9.17) is 9.15 Å². The summed E-state index contributed by atoms with van der Waals surface area (Å²) < 4.78 is 10.6. The Morgan fingerprint density at radius 3 is 2.54 bits per heavy atom. The van der Waals surface area contributed by atoms with Crippen molar-refractivity contribution in [1.29, 1.82) is 0 Å². The SMILES string of the molecule is CCN(CC(=O)NC(C)(C)C)C(=O)COc1ccc2ccc(=O)oc2c1. The van der Waals surface area contributed by atoms with E-state index < -0.39 is 5.63 Å². The van der Waals surface area contributed by atoms with Gasteiger partial charge in [-0.1, -0.05) is 0 Å². The highest BCUT2D eigenvalue weighted by Crippen LogP contribution is 2.19. The molecule has 1 N–H and O–H groups in total. The Morgan fingerprint density at radius 2 is 1.88 bits per heavy atom. The van der Waals surface area contributed by atoms with Gasteiger partial charge in [0.15, 0.2) is 6.61 Å². The molecule has 0 aliphatic heterocycles. The molecule has 0 unspecified atom stereocenters. The summed E-state index contributed by atoms with van der Waals surface area (Å²) in [6, 6.07) is 7.99. The number of hydrogen-bond donors (Lipinski definition) is 1. The number of nitrogens with one attached hydrogen (secondary N) is 1. The molecule has 1 aromatic heterocycles. The molecule has 1 aromatic carbocycles. The Labute approximate surface area is 151 Å². The third kappa shape index (κ3) is 5.61. The summed E-state index contributed by atoms with van der Waals surface area (Å²) in [5.41, 5.74) is -0.419. The lowest BCUT2D eigenvalue weighted by atomic mass is 10.1. The zero-order chi connectivity index (χ0) is 19.3. The molecule has 140 valence electrons. The van der Waals surface area contributed by atoms with Crippen LogP contribution >= 0.6 is 0 Å². The van der Waals surface area contributed by atoms with Crippen LogP contribution in [0.25, 0.3) is 11.0 Å². The molecule has 0 bridgehead atoms. The summed E-state index contributed by atoms with van der Waals surface area (Å²) in [6.45, 7) is 7.60. The van der Waals surface area contributed by atoms with Gasteiger partial charge in [0.05, 0.1) is 6.54 Å². The van der Waals surface area contributed by atoms with Crippen LogP contribution in [0, 0.1) is 0 Å². The number of rotatable bonds is 6. The van der Waals surface area contributed by atoms with Gasteiger partial charge >= 0.3 is 5.63 Å². The Morgan fingerprint density at radius 1 is 1.19 bits per heavy atom. The van der Waals surface area contributed by atoms with Crippen LogP contribution in [0.1, 0.15) is 27.7 Å². The molecule has 1 heterocycles. The quantitative estimate of drug-likeness (QED) is 0.795. The Balaban J connectivity index is 1.97. The lowest BCUT2D eigenvalue weighted by Crippen LogP contribution is -2.48. The van der Waals surface area contributed by atoms with E-state index in [0.717, 1.165) is 5.39 Å². The maximum absolute atomic E-state index is 12.3. The molecule has 0 radical (unpaired) electrons. The molecule has 2 rings (SSSR count). The zero-order valence-corrected chi connectivity index (χ0v) is 15.5. The summed E-state index contributed by atoms with van der Waals surface area (Å²) >= 11 is 0. The lowest BCUT2D eigenvalue weighted by Gasteiger charge is -2.25. The number of amides is 2. The van der Waals surface area contributed by atoms with Gasteiger partial charge in [-0.3, -0.25) is 9.59 Å². The third-order valence-electron chi connectivity index (χ3n) is 3.54. The van der Waals surface area contributed by atoms with Crippen LogP contribution in [0.4, 0.5) is 0 Å². The molecule has 0 saturated carbocycles. The fraction of sp³-hybridized carbons (Fsp3) is 0.421. The normalized spacial score (nSPS) is 11.2. The van der Waals surface area contributed by atoms with Gasteiger partial charge in [0.25, 0.3) is 5.91 Å². The van der Waals surface area contributed by atoms with Crippen molar-refractivity contribution >= 4 is 22.8 Å². The molecular formula is C19H24N2O5. The van der Waals surface area contributed by atoms with E-state index in [1.807, 2.05) is 20.8 Å². The van der Waals surface area contributed by atoms with E-state index in [0.29, 0.717) is 17.9 Å². The number of likely N-dealkylation sites (N-methyl/N-ethyl adjacent to an activating group) is 1. The number of carbonyl (C=O) groups is 2. The van der Waals surface area contributed by atoms with Gasteiger partial charge in [-0.15, -0.1) is 0 Å². The molecule has 0 saturated heterocycles. The fourth-order valence-electron chi connectivity index (χ4n) is 2.37. The topological polar surface area (TPSA) is 88.9 Å². The van der Waals surface area contributed by atoms with Crippen LogP contribution in [0.3, 0.4) is 0 Å². The number of benzene rings is 1. The molecule has 2 aromatic rings. The van der Waals surface area contributed by atoms with Gasteiger partial charge in [-0.25, -0.2) is 4.79 Å². The average molecular weight is 360 g/mol. The van der Waals surface area contributed by atoms with Crippen LogP contribution in [0.2, 0.25) is 0 Å². The molecule has 0 atom stereocenters. The highest BCUT2D eigenvalue weighted by molar-refractivity contribution is 5.86. The maximum Gasteiger partial charge on any atom is 0.336 e. The highest BCUT2D eigenvalue weighted by Gasteiger charge is 2.19. The van der Waals surface area contributed by atoms with Crippen molar-refractivity contribution in [3.8, 4) is 5.75 Å². The minimum absolute atomic E-state index is 0.0252. The average Bonchev–Trinajstić information content (AvgIpc) is 2.55. The van der Waals surface area contributed by atoms with Crippen LogP contribution in [0.5, 0.6) is 5.75 Å². The summed E-state index contributed by atoms with van der Waals surface area (Å²) in [6.07, 6.45) is 0. The van der Waals surface area contributed by atoms with Crippen LogP contribution in [0.15, 0.2) is 39.5 Å². The van der Waals surface area contributed by atoms with Gasteiger partial charge < -0.3 is 19.4 Å². The van der Waals surface area contributed by atoms with Crippen LogP contribution < -0.4 is 15.7 Å². The Bertz CT molecular complexity index is 851. The van der Waals surface area contributed by atoms with Crippen molar-refractivity contribution in [2.45, 2.75) is 33.2 Å². The summed E-state index contributed by atoms with van der Waals surface area (Å²) in [7, 11) is 0. The second-order valence-corrected chi connectivity index (χ2v) is 6.95. The molecule has 0 aliphatic carbocycles. The molecule has 7 heteroatoms. The molecular weight excluding hydrogens is 336 g/mol. The second-order valence-electron chi connectivity index (χ2n) is 6.95. The smallest absolute Gasteiger partial charge is 0.336 e. The molecule has 0 spiro atoms. The van der Waals surface area contributed by atoms with E-state index in [1.165, 1.54) is 11.0 Å². The first-order valence-corrected chi connectivity index (χ1v) is 8.43. The first-order valence-electron chi connectivity index (χ1n) is 8.43. The number of hydrogen-bond acceptors (Lipinski definition) is 5. The maximum atomic E-state index is 12.3. The van der Waals surface area contributed by atoms with Gasteiger partial charge in [-0.2, -0.15) is 0 Å². The second kappa shape index (κ2) is 8.03. The van der Waals surface area contributed by atoms with Crippen LogP contribution in [-0.4, -0.2) is 41.9 Å². The fourth-order valence-corrected chi connectivity index (χ4v) is 2.37. The lowest BCUT2D eigenvalue weighted by molar-refractivity contribution is -0.137. The number of fused-ring (bicyclic) bond motifs is 1. The van der Waals surface area contributed by atoms with Gasteiger partial charge in [0, 0.05) is 29.6 Å². The zero-order valence-electron chi connectivity index (χ0n) is 15.5. The predicted octanol–water partition coefficient (Wildman–Crippen LogP) is 1.93. The number of carbonyl (C=O) groups excluding carboxylic acids is 2. The van der Waals surface area contributed by atoms with Crippen molar-refractivity contribution in [2.75, 3.05) is 19.7 Å². The van der Waals surface area contributed by atoms with Crippen molar-refractivity contribution in [1.82, 2.24) is 10.2 Å². The van der Waals surface area contributed by atoms with Gasteiger partial charge in [0.1, 0.15) is 11.3 Å². The number of ether oxygens (including phenoxy) is 1. The highest BCUT2D eigenvalue weighted by atomic mass is 16.5. The molecule has 26 heavy (non-hydrogen) atoms. The number of nitrogens with zero attached hydrogens (tertiary/aromatic N) is 1. The first kappa shape index (κ1) is 19.5. The van der Waals surface area contributed by atoms with Crippen molar-refractivity contribution in [3.05, 3.63) is 40.8 Å². The van der Waals surface area contributed by atoms with Gasteiger partial charge in [-0.05, 0) is 45.9 Å². The molecule has 0 fully saturated rings. The molecule has 2 amide bonds. The summed E-state index contributed by atoms with van der Waals surface area (Å²) in [5, 5.41) is 3.58. The first-order chi connectivity index (χ1) is 12.2. The minimum Gasteiger partial charge on any atom is -0.484 e. The Hall–Kier alpha value is -2.83. The summed E-state index contributed by atoms with van der Waals surface area (Å²) in [5.74, 6) is -0.109. The molecule has 0 aliphatic rings. The van der Waals surface area contributed by atoms with Crippen molar-refractivity contribution in [3.63, 3.8) is 0 Å². The van der Waals surface area contributed by atoms with E-state index in [2.05, 4.69) is 5.32 Å². The molecule has 7 nitrogen and oxygen atoms in total. The largest absolute Gasteiger partial charge is 0.484 e. The van der Waals surface area contributed by atoms with E-state index >= 15 is 0 Å². The van der Waals surface area contributed by atoms with E-state index in [1.54, 1.807) is 31.2 Å². The van der Waals surface area contributed by atoms with Crippen molar-refractivity contribution < 1.29 is 18.7 Å². The standard InChI is InChI=1S/C19H24N2O5/c1-5-21(11-16(22)20-19(2,3)4)17(23)12-25-14-8-6-13-7-9-18(24)26-15(13)10-14/h6-10H,5,11-12H2,1-4H3,(H,20,22). The van der Waals surface area contributed by atoms with Gasteiger partial charge in [0.2, 0.25) is 5.91 Å². The van der Waals surface area contributed by atoms with E-state index in [9.17, 15) is 14.4 Å². The van der Waals surface area contributed by atoms with Crippen molar-refractivity contribution in [2.24, 2.45) is 0 Å². The monoisotopic (exact) mass is 360 g/mol. The Kier molecular flexibility index (Phi) is 6.02. The predicted molar refractivity (Wildman–Crippen MR) is 98.1 cm³/mol. The van der Waals surface area contributed by atoms with E-state index in [-0.39, 0.29) is 30.5 Å². The minimum atomic E-state index is -0.451. The van der Waals surface area contributed by atoms with Crippen LogP contribution in [-0.2, 0) is 9.59 Å². The summed E-state index contributed by atoms with van der Waals surface area (Å²) in [4.78, 5) is 37.0.